The minimum atomic E-state index is 0.221. The van der Waals surface area contributed by atoms with Gasteiger partial charge in [-0.15, -0.1) is 0 Å². The van der Waals surface area contributed by atoms with Gasteiger partial charge in [0.1, 0.15) is 0 Å². The molecule has 2 aromatic rings. The predicted molar refractivity (Wildman–Crippen MR) is 99.2 cm³/mol. The highest BCUT2D eigenvalue weighted by Gasteiger charge is 2.13. The van der Waals surface area contributed by atoms with E-state index in [0.717, 1.165) is 13.1 Å². The van der Waals surface area contributed by atoms with Crippen LogP contribution in [0, 0.1) is 6.92 Å². The predicted octanol–water partition coefficient (Wildman–Crippen LogP) is 5.69. The summed E-state index contributed by atoms with van der Waals surface area (Å²) in [6, 6.07) is 15.6. The molecule has 22 heavy (non-hydrogen) atoms. The van der Waals surface area contributed by atoms with Gasteiger partial charge in [0.05, 0.1) is 0 Å². The Morgan fingerprint density at radius 2 is 1.45 bits per heavy atom. The van der Waals surface area contributed by atoms with E-state index in [9.17, 15) is 0 Å². The quantitative estimate of drug-likeness (QED) is 0.677. The molecule has 0 atom stereocenters. The van der Waals surface area contributed by atoms with Crippen molar-refractivity contribution in [3.05, 3.63) is 69.2 Å². The second-order valence-electron chi connectivity index (χ2n) is 7.20. The molecular formula is C20H26BrN. The number of hydrogen-bond acceptors (Lipinski definition) is 1. The molecule has 0 amide bonds. The third kappa shape index (κ3) is 4.69. The van der Waals surface area contributed by atoms with E-state index in [-0.39, 0.29) is 5.41 Å². The van der Waals surface area contributed by atoms with E-state index in [4.69, 9.17) is 0 Å². The summed E-state index contributed by atoms with van der Waals surface area (Å²) < 4.78 is 1.19. The molecule has 0 spiro atoms. The normalized spacial score (nSPS) is 12.0. The van der Waals surface area contributed by atoms with E-state index in [1.165, 1.54) is 26.7 Å². The number of benzene rings is 2. The first-order valence-electron chi connectivity index (χ1n) is 7.79. The van der Waals surface area contributed by atoms with E-state index >= 15 is 0 Å². The highest BCUT2D eigenvalue weighted by Crippen LogP contribution is 2.23. The van der Waals surface area contributed by atoms with Crippen molar-refractivity contribution in [1.82, 2.24) is 4.90 Å². The van der Waals surface area contributed by atoms with Crippen LogP contribution in [0.3, 0.4) is 0 Å². The Kier molecular flexibility index (Phi) is 5.46. The molecule has 0 heterocycles. The highest BCUT2D eigenvalue weighted by molar-refractivity contribution is 9.10. The van der Waals surface area contributed by atoms with Crippen molar-refractivity contribution in [3.63, 3.8) is 0 Å². The standard InChI is InChI=1S/C20H26BrN/c1-15-6-7-17(12-19(15)21)14-22(5)13-16-8-10-18(11-9-16)20(2,3)4/h6-12H,13-14H2,1-5H3. The average molecular weight is 360 g/mol. The molecule has 2 rings (SSSR count). The van der Waals surface area contributed by atoms with Crippen molar-refractivity contribution in [2.75, 3.05) is 7.05 Å². The Labute approximate surface area is 143 Å². The van der Waals surface area contributed by atoms with Crippen molar-refractivity contribution in [1.29, 1.82) is 0 Å². The lowest BCUT2D eigenvalue weighted by molar-refractivity contribution is 0.319. The van der Waals surface area contributed by atoms with Crippen molar-refractivity contribution in [3.8, 4) is 0 Å². The molecule has 0 fully saturated rings. The van der Waals surface area contributed by atoms with Gasteiger partial charge in [0.2, 0.25) is 0 Å². The van der Waals surface area contributed by atoms with E-state index < -0.39 is 0 Å². The summed E-state index contributed by atoms with van der Waals surface area (Å²) >= 11 is 3.61. The zero-order valence-electron chi connectivity index (χ0n) is 14.3. The molecule has 0 N–H and O–H groups in total. The van der Waals surface area contributed by atoms with Gasteiger partial charge in [0.15, 0.2) is 0 Å². The molecule has 0 radical (unpaired) electrons. The maximum absolute atomic E-state index is 3.61. The Bertz CT molecular complexity index is 623. The molecular weight excluding hydrogens is 334 g/mol. The fourth-order valence-electron chi connectivity index (χ4n) is 2.52. The van der Waals surface area contributed by atoms with Gasteiger partial charge >= 0.3 is 0 Å². The lowest BCUT2D eigenvalue weighted by atomic mass is 9.87. The van der Waals surface area contributed by atoms with Crippen LogP contribution < -0.4 is 0 Å². The topological polar surface area (TPSA) is 3.24 Å². The van der Waals surface area contributed by atoms with Gasteiger partial charge < -0.3 is 0 Å². The molecule has 0 saturated carbocycles. The Morgan fingerprint density at radius 1 is 0.909 bits per heavy atom. The van der Waals surface area contributed by atoms with Gasteiger partial charge in [-0.25, -0.2) is 0 Å². The summed E-state index contributed by atoms with van der Waals surface area (Å²) in [4.78, 5) is 2.35. The highest BCUT2D eigenvalue weighted by atomic mass is 79.9. The maximum atomic E-state index is 3.61. The minimum Gasteiger partial charge on any atom is -0.298 e. The Morgan fingerprint density at radius 3 is 2.00 bits per heavy atom. The fraction of sp³-hybridized carbons (Fsp3) is 0.400. The molecule has 1 nitrogen and oxygen atoms in total. The van der Waals surface area contributed by atoms with Crippen molar-refractivity contribution in [2.24, 2.45) is 0 Å². The maximum Gasteiger partial charge on any atom is 0.0234 e. The van der Waals surface area contributed by atoms with Crippen LogP contribution in [-0.4, -0.2) is 11.9 Å². The fourth-order valence-corrected chi connectivity index (χ4v) is 2.95. The van der Waals surface area contributed by atoms with Crippen LogP contribution in [0.25, 0.3) is 0 Å². The first-order chi connectivity index (χ1) is 10.3. The van der Waals surface area contributed by atoms with Gasteiger partial charge in [0, 0.05) is 17.6 Å². The number of halogens is 1. The molecule has 0 unspecified atom stereocenters. The van der Waals surface area contributed by atoms with E-state index in [0.29, 0.717) is 0 Å². The zero-order valence-corrected chi connectivity index (χ0v) is 15.9. The lowest BCUT2D eigenvalue weighted by Crippen LogP contribution is -2.17. The smallest absolute Gasteiger partial charge is 0.0234 e. The average Bonchev–Trinajstić information content (AvgIpc) is 2.42. The SMILES string of the molecule is Cc1ccc(CN(C)Cc2ccc(C(C)(C)C)cc2)cc1Br. The number of nitrogens with zero attached hydrogens (tertiary/aromatic N) is 1. The molecule has 0 aliphatic carbocycles. The summed E-state index contributed by atoms with van der Waals surface area (Å²) in [6.45, 7) is 10.8. The molecule has 0 bridgehead atoms. The van der Waals surface area contributed by atoms with Crippen molar-refractivity contribution >= 4 is 15.9 Å². The summed E-state index contributed by atoms with van der Waals surface area (Å²) in [6.07, 6.45) is 0. The molecule has 0 aliphatic rings. The summed E-state index contributed by atoms with van der Waals surface area (Å²) in [5, 5.41) is 0. The van der Waals surface area contributed by atoms with Crippen molar-refractivity contribution < 1.29 is 0 Å². The first kappa shape index (κ1) is 17.2. The molecule has 0 aromatic heterocycles. The second kappa shape index (κ2) is 6.97. The molecule has 0 saturated heterocycles. The van der Waals surface area contributed by atoms with E-state index in [1.807, 2.05) is 0 Å². The first-order valence-corrected chi connectivity index (χ1v) is 8.58. The second-order valence-corrected chi connectivity index (χ2v) is 8.06. The zero-order chi connectivity index (χ0) is 16.3. The van der Waals surface area contributed by atoms with Crippen LogP contribution >= 0.6 is 15.9 Å². The lowest BCUT2D eigenvalue weighted by Gasteiger charge is -2.21. The summed E-state index contributed by atoms with van der Waals surface area (Å²) in [5.74, 6) is 0. The van der Waals surface area contributed by atoms with Gasteiger partial charge in [-0.1, -0.05) is 73.1 Å². The number of aryl methyl sites for hydroxylation is 1. The van der Waals surface area contributed by atoms with Crippen molar-refractivity contribution in [2.45, 2.75) is 46.2 Å². The molecule has 2 heteroatoms. The van der Waals surface area contributed by atoms with Gasteiger partial charge in [-0.3, -0.25) is 4.90 Å². The summed E-state index contributed by atoms with van der Waals surface area (Å²) in [7, 11) is 2.17. The van der Waals surface area contributed by atoms with Crippen LogP contribution in [0.1, 0.15) is 43.0 Å². The van der Waals surface area contributed by atoms with Gasteiger partial charge in [-0.05, 0) is 47.7 Å². The molecule has 118 valence electrons. The number of rotatable bonds is 4. The van der Waals surface area contributed by atoms with Crippen LogP contribution in [0.2, 0.25) is 0 Å². The van der Waals surface area contributed by atoms with Crippen LogP contribution in [0.5, 0.6) is 0 Å². The third-order valence-electron chi connectivity index (χ3n) is 3.96. The minimum absolute atomic E-state index is 0.221. The molecule has 2 aromatic carbocycles. The van der Waals surface area contributed by atoms with E-state index in [2.05, 4.69) is 98.0 Å². The molecule has 0 aliphatic heterocycles. The summed E-state index contributed by atoms with van der Waals surface area (Å²) in [5.41, 5.74) is 5.59. The Hall–Kier alpha value is -1.12. The van der Waals surface area contributed by atoms with Crippen LogP contribution in [0.4, 0.5) is 0 Å². The monoisotopic (exact) mass is 359 g/mol. The van der Waals surface area contributed by atoms with Gasteiger partial charge in [0.25, 0.3) is 0 Å². The van der Waals surface area contributed by atoms with E-state index in [1.54, 1.807) is 0 Å². The largest absolute Gasteiger partial charge is 0.298 e. The van der Waals surface area contributed by atoms with Gasteiger partial charge in [-0.2, -0.15) is 0 Å². The number of hydrogen-bond donors (Lipinski definition) is 0. The van der Waals surface area contributed by atoms with Crippen LogP contribution in [0.15, 0.2) is 46.9 Å². The third-order valence-corrected chi connectivity index (χ3v) is 4.82. The van der Waals surface area contributed by atoms with Crippen LogP contribution in [-0.2, 0) is 18.5 Å². The Balaban J connectivity index is 1.99.